The van der Waals surface area contributed by atoms with E-state index < -0.39 is 0 Å². The van der Waals surface area contributed by atoms with Crippen molar-refractivity contribution in [3.05, 3.63) is 5.82 Å². The van der Waals surface area contributed by atoms with Crippen LogP contribution in [0.2, 0.25) is 0 Å². The number of aryl methyl sites for hydroxylation is 1. The Balaban J connectivity index is 2.12. The maximum absolute atomic E-state index is 9.40. The molecule has 2 rings (SSSR count). The number of hydrogen-bond acceptors (Lipinski definition) is 4. The zero-order valence-electron chi connectivity index (χ0n) is 9.69. The van der Waals surface area contributed by atoms with E-state index in [1.54, 1.807) is 7.05 Å². The van der Waals surface area contributed by atoms with E-state index in [-0.39, 0.29) is 5.41 Å². The van der Waals surface area contributed by atoms with E-state index in [9.17, 15) is 5.26 Å². The highest BCUT2D eigenvalue weighted by molar-refractivity contribution is 5.04. The monoisotopic (exact) mass is 219 g/mol. The standard InChI is InChI=1S/C11H17N5/c1-16-14-10(13-15-16)8-11(9-12)6-4-2-3-5-7-11/h2-8H2,1H3. The summed E-state index contributed by atoms with van der Waals surface area (Å²) in [6.07, 6.45) is 7.39. The fourth-order valence-electron chi connectivity index (χ4n) is 2.43. The minimum absolute atomic E-state index is 0.250. The Bertz CT molecular complexity index is 381. The summed E-state index contributed by atoms with van der Waals surface area (Å²) in [5.74, 6) is 0.700. The highest BCUT2D eigenvalue weighted by Crippen LogP contribution is 2.36. The molecule has 86 valence electrons. The van der Waals surface area contributed by atoms with E-state index in [2.05, 4.69) is 21.5 Å². The molecule has 0 spiro atoms. The van der Waals surface area contributed by atoms with Crippen LogP contribution in [0.4, 0.5) is 0 Å². The molecular formula is C11H17N5. The fourth-order valence-corrected chi connectivity index (χ4v) is 2.43. The SMILES string of the molecule is Cn1nnc(CC2(C#N)CCCCCC2)n1. The number of nitriles is 1. The second kappa shape index (κ2) is 4.60. The summed E-state index contributed by atoms with van der Waals surface area (Å²) in [7, 11) is 1.75. The first kappa shape index (κ1) is 11.1. The lowest BCUT2D eigenvalue weighted by Crippen LogP contribution is -2.21. The summed E-state index contributed by atoms with van der Waals surface area (Å²) in [6, 6.07) is 2.50. The topological polar surface area (TPSA) is 67.4 Å². The number of aromatic nitrogens is 4. The van der Waals surface area contributed by atoms with E-state index in [4.69, 9.17) is 0 Å². The molecule has 0 bridgehead atoms. The predicted molar refractivity (Wildman–Crippen MR) is 58.3 cm³/mol. The van der Waals surface area contributed by atoms with Crippen LogP contribution in [0.3, 0.4) is 0 Å². The molecule has 16 heavy (non-hydrogen) atoms. The third-order valence-electron chi connectivity index (χ3n) is 3.34. The summed E-state index contributed by atoms with van der Waals surface area (Å²) in [5.41, 5.74) is -0.250. The zero-order valence-corrected chi connectivity index (χ0v) is 9.69. The van der Waals surface area contributed by atoms with Crippen molar-refractivity contribution in [2.75, 3.05) is 0 Å². The molecule has 1 fully saturated rings. The fraction of sp³-hybridized carbons (Fsp3) is 0.818. The van der Waals surface area contributed by atoms with Crippen molar-refractivity contribution in [3.8, 4) is 6.07 Å². The Labute approximate surface area is 95.5 Å². The van der Waals surface area contributed by atoms with Gasteiger partial charge in [-0.05, 0) is 18.1 Å². The molecule has 0 atom stereocenters. The molecule has 0 saturated heterocycles. The molecular weight excluding hydrogens is 202 g/mol. The van der Waals surface area contributed by atoms with Crippen LogP contribution in [0, 0.1) is 16.7 Å². The van der Waals surface area contributed by atoms with E-state index in [1.807, 2.05) is 0 Å². The quantitative estimate of drug-likeness (QED) is 0.709. The van der Waals surface area contributed by atoms with Crippen LogP contribution < -0.4 is 0 Å². The average molecular weight is 219 g/mol. The van der Waals surface area contributed by atoms with Gasteiger partial charge >= 0.3 is 0 Å². The first-order valence-corrected chi connectivity index (χ1v) is 5.88. The molecule has 0 radical (unpaired) electrons. The minimum Gasteiger partial charge on any atom is -0.198 e. The molecule has 1 aliphatic carbocycles. The Morgan fingerprint density at radius 3 is 2.50 bits per heavy atom. The van der Waals surface area contributed by atoms with Crippen LogP contribution in [0.5, 0.6) is 0 Å². The Morgan fingerprint density at radius 2 is 2.00 bits per heavy atom. The van der Waals surface area contributed by atoms with E-state index >= 15 is 0 Å². The second-order valence-corrected chi connectivity index (χ2v) is 4.68. The molecule has 0 amide bonds. The average Bonchev–Trinajstić information content (AvgIpc) is 2.54. The van der Waals surface area contributed by atoms with Crippen molar-refractivity contribution < 1.29 is 0 Å². The molecule has 1 aromatic rings. The van der Waals surface area contributed by atoms with Gasteiger partial charge in [-0.15, -0.1) is 10.2 Å². The van der Waals surface area contributed by atoms with Crippen molar-refractivity contribution in [1.82, 2.24) is 20.2 Å². The highest BCUT2D eigenvalue weighted by atomic mass is 15.6. The second-order valence-electron chi connectivity index (χ2n) is 4.68. The minimum atomic E-state index is -0.250. The lowest BCUT2D eigenvalue weighted by molar-refractivity contribution is 0.331. The van der Waals surface area contributed by atoms with Crippen molar-refractivity contribution in [2.45, 2.75) is 44.9 Å². The first-order valence-electron chi connectivity index (χ1n) is 5.88. The van der Waals surface area contributed by atoms with Crippen molar-refractivity contribution in [2.24, 2.45) is 12.5 Å². The molecule has 1 heterocycles. The Hall–Kier alpha value is -1.44. The Morgan fingerprint density at radius 1 is 1.31 bits per heavy atom. The largest absolute Gasteiger partial charge is 0.198 e. The maximum atomic E-state index is 9.40. The van der Waals surface area contributed by atoms with Crippen molar-refractivity contribution >= 4 is 0 Å². The predicted octanol–water partition coefficient (Wildman–Crippen LogP) is 1.62. The molecule has 0 N–H and O–H groups in total. The number of tetrazole rings is 1. The summed E-state index contributed by atoms with van der Waals surface area (Å²) in [4.78, 5) is 1.46. The smallest absolute Gasteiger partial charge is 0.176 e. The van der Waals surface area contributed by atoms with Gasteiger partial charge in [-0.25, -0.2) is 0 Å². The molecule has 1 aromatic heterocycles. The summed E-state index contributed by atoms with van der Waals surface area (Å²) < 4.78 is 0. The summed E-state index contributed by atoms with van der Waals surface area (Å²) in [6.45, 7) is 0. The van der Waals surface area contributed by atoms with Gasteiger partial charge in [0.25, 0.3) is 0 Å². The van der Waals surface area contributed by atoms with Crippen LogP contribution in [0.15, 0.2) is 0 Å². The van der Waals surface area contributed by atoms with Gasteiger partial charge in [-0.2, -0.15) is 10.1 Å². The molecule has 1 aliphatic rings. The summed E-state index contributed by atoms with van der Waals surface area (Å²) >= 11 is 0. The highest BCUT2D eigenvalue weighted by Gasteiger charge is 2.32. The first-order chi connectivity index (χ1) is 7.74. The number of hydrogen-bond donors (Lipinski definition) is 0. The third kappa shape index (κ3) is 2.38. The van der Waals surface area contributed by atoms with Crippen LogP contribution in [0.25, 0.3) is 0 Å². The molecule has 0 unspecified atom stereocenters. The van der Waals surface area contributed by atoms with Crippen LogP contribution >= 0.6 is 0 Å². The van der Waals surface area contributed by atoms with E-state index in [0.717, 1.165) is 25.7 Å². The van der Waals surface area contributed by atoms with Crippen LogP contribution in [0.1, 0.15) is 44.3 Å². The Kier molecular flexibility index (Phi) is 3.18. The van der Waals surface area contributed by atoms with E-state index in [0.29, 0.717) is 12.2 Å². The normalized spacial score (nSPS) is 20.0. The van der Waals surface area contributed by atoms with Crippen LogP contribution in [-0.2, 0) is 13.5 Å². The van der Waals surface area contributed by atoms with Gasteiger partial charge in [0.2, 0.25) is 0 Å². The molecule has 5 nitrogen and oxygen atoms in total. The lowest BCUT2D eigenvalue weighted by atomic mass is 9.79. The van der Waals surface area contributed by atoms with Crippen molar-refractivity contribution in [3.63, 3.8) is 0 Å². The van der Waals surface area contributed by atoms with Crippen molar-refractivity contribution in [1.29, 1.82) is 5.26 Å². The molecule has 0 aliphatic heterocycles. The van der Waals surface area contributed by atoms with Gasteiger partial charge in [0.1, 0.15) is 0 Å². The molecule has 5 heteroatoms. The molecule has 1 saturated carbocycles. The number of nitrogens with zero attached hydrogens (tertiary/aromatic N) is 5. The molecule has 0 aromatic carbocycles. The van der Waals surface area contributed by atoms with Gasteiger partial charge in [0.15, 0.2) is 5.82 Å². The number of rotatable bonds is 2. The third-order valence-corrected chi connectivity index (χ3v) is 3.34. The van der Waals surface area contributed by atoms with Gasteiger partial charge in [-0.1, -0.05) is 25.7 Å². The maximum Gasteiger partial charge on any atom is 0.176 e. The van der Waals surface area contributed by atoms with Gasteiger partial charge < -0.3 is 0 Å². The van der Waals surface area contributed by atoms with Gasteiger partial charge in [-0.3, -0.25) is 0 Å². The van der Waals surface area contributed by atoms with Gasteiger partial charge in [0.05, 0.1) is 18.5 Å². The van der Waals surface area contributed by atoms with Crippen LogP contribution in [-0.4, -0.2) is 20.2 Å². The van der Waals surface area contributed by atoms with Gasteiger partial charge in [0, 0.05) is 6.42 Å². The summed E-state index contributed by atoms with van der Waals surface area (Å²) in [5, 5.41) is 21.4. The van der Waals surface area contributed by atoms with E-state index in [1.165, 1.54) is 17.6 Å². The lowest BCUT2D eigenvalue weighted by Gasteiger charge is -2.22. The zero-order chi connectivity index (χ0) is 11.4.